The Bertz CT molecular complexity index is 4740. The smallest absolute Gasteiger partial charge is 0.304 e. The van der Waals surface area contributed by atoms with E-state index >= 15 is 0 Å². The number of aliphatic hydroxyl groups excluding tert-OH is 7. The van der Waals surface area contributed by atoms with Crippen LogP contribution in [0.4, 0.5) is 0 Å². The molecule has 0 radical (unpaired) electrons. The van der Waals surface area contributed by atoms with E-state index in [4.69, 9.17) is 32.4 Å². The van der Waals surface area contributed by atoms with Crippen LogP contribution in [0.5, 0.6) is 0 Å². The predicted octanol–water partition coefficient (Wildman–Crippen LogP) is -5.94. The van der Waals surface area contributed by atoms with Crippen LogP contribution < -0.4 is 60.2 Å². The van der Waals surface area contributed by atoms with E-state index in [1.165, 1.54) is 99.3 Å². The molecule has 6 fully saturated rings. The summed E-state index contributed by atoms with van der Waals surface area (Å²) >= 11 is 0. The number of amides is 13. The largest absolute Gasteiger partial charge is 0.481 e. The van der Waals surface area contributed by atoms with Gasteiger partial charge in [0.05, 0.1) is 105 Å². The van der Waals surface area contributed by atoms with Gasteiger partial charge in [0, 0.05) is 133 Å². The lowest BCUT2D eigenvalue weighted by atomic mass is 9.88. The summed E-state index contributed by atoms with van der Waals surface area (Å²) < 4.78 is 11.5. The summed E-state index contributed by atoms with van der Waals surface area (Å²) in [6.45, 7) is 16.4. The van der Waals surface area contributed by atoms with E-state index in [1.54, 1.807) is 20.8 Å². The number of carboxylic acids is 1. The zero-order valence-electron chi connectivity index (χ0n) is 85.3. The van der Waals surface area contributed by atoms with Crippen molar-refractivity contribution in [2.75, 3.05) is 65.6 Å². The molecule has 0 spiro atoms. The molecule has 7 rings (SSSR count). The lowest BCUT2D eigenvalue weighted by Crippen LogP contribution is -2.58. The van der Waals surface area contributed by atoms with Crippen LogP contribution in [0.2, 0.25) is 0 Å². The van der Waals surface area contributed by atoms with Crippen LogP contribution in [0, 0.1) is 47.3 Å². The summed E-state index contributed by atoms with van der Waals surface area (Å²) in [6.07, 6.45) is -5.31. The van der Waals surface area contributed by atoms with E-state index in [2.05, 4.69) is 52.2 Å². The highest BCUT2D eigenvalue weighted by atomic mass is 16.7. The number of ketones is 7. The number of aromatic amines is 1. The van der Waals surface area contributed by atoms with E-state index in [0.717, 1.165) is 0 Å². The predicted molar refractivity (Wildman–Crippen MR) is 517 cm³/mol. The van der Waals surface area contributed by atoms with Crippen molar-refractivity contribution < 1.29 is 151 Å². The third-order valence-corrected chi connectivity index (χ3v) is 27.7. The number of hydrogen-bond donors (Lipinski definition) is 20. The average Bonchev–Trinajstić information content (AvgIpc) is 1.54. The number of ether oxygens (including phenoxy) is 2. The Morgan fingerprint density at radius 1 is 0.534 bits per heavy atom. The van der Waals surface area contributed by atoms with Crippen LogP contribution in [-0.2, 0) is 117 Å². The number of nitrogens with zero attached hydrogens (tertiary/aromatic N) is 7. The van der Waals surface area contributed by atoms with Gasteiger partial charge in [0.2, 0.25) is 76.8 Å². The molecule has 6 aliphatic rings. The van der Waals surface area contributed by atoms with Crippen LogP contribution in [0.3, 0.4) is 0 Å². The maximum absolute atomic E-state index is 13.9. The van der Waals surface area contributed by atoms with Gasteiger partial charge in [0.25, 0.3) is 0 Å². The average molecular weight is 2070 g/mol. The first-order chi connectivity index (χ1) is 68.7. The van der Waals surface area contributed by atoms with Crippen molar-refractivity contribution in [3.05, 3.63) is 18.2 Å². The molecule has 13 amide bonds. The number of carboxylic acid groups (broad SMARTS) is 1. The number of rotatable bonds is 57. The molecule has 0 aliphatic carbocycles. The van der Waals surface area contributed by atoms with Gasteiger partial charge >= 0.3 is 5.97 Å². The van der Waals surface area contributed by atoms with Gasteiger partial charge in [0.1, 0.15) is 60.5 Å². The van der Waals surface area contributed by atoms with E-state index in [-0.39, 0.29) is 81.7 Å². The number of likely N-dealkylation sites (tertiary alicyclic amines) is 5. The number of guanidine groups is 1. The van der Waals surface area contributed by atoms with Crippen molar-refractivity contribution in [1.29, 1.82) is 0 Å². The third kappa shape index (κ3) is 35.3. The van der Waals surface area contributed by atoms with E-state index < -0.39 is 327 Å². The van der Waals surface area contributed by atoms with Gasteiger partial charge in [-0.1, -0.05) is 41.5 Å². The van der Waals surface area contributed by atoms with Crippen LogP contribution in [0.1, 0.15) is 224 Å². The second-order valence-electron chi connectivity index (χ2n) is 39.4. The van der Waals surface area contributed by atoms with Crippen LogP contribution >= 0.6 is 0 Å². The molecule has 7 heterocycles. The minimum absolute atomic E-state index is 0.0350. The zero-order valence-corrected chi connectivity index (χ0v) is 85.3. The first kappa shape index (κ1) is 123. The summed E-state index contributed by atoms with van der Waals surface area (Å²) in [7, 11) is 0. The first-order valence-electron chi connectivity index (χ1n) is 50.2. The fourth-order valence-corrected chi connectivity index (χ4v) is 18.9. The number of H-pyrrole nitrogens is 1. The summed E-state index contributed by atoms with van der Waals surface area (Å²) in [5.41, 5.74) is 22.6. The Morgan fingerprint density at radius 3 is 1.57 bits per heavy atom. The molecule has 0 aromatic carbocycles. The summed E-state index contributed by atoms with van der Waals surface area (Å²) in [5.74, 6) is -22.0. The fourth-order valence-electron chi connectivity index (χ4n) is 18.9. The number of hydrogen-bond acceptors (Lipinski definition) is 33. The molecule has 5 unspecified atom stereocenters. The van der Waals surface area contributed by atoms with E-state index in [9.17, 15) is 142 Å². The van der Waals surface area contributed by atoms with Crippen LogP contribution in [0.15, 0.2) is 17.5 Å². The number of primary amides is 1. The summed E-state index contributed by atoms with van der Waals surface area (Å²) in [4.78, 5) is 296. The number of imidazole rings is 1. The standard InChI is InChI=1S/C48H77N11O13.C48H76N8O18/c1-26(11-6-18-52-48(50)51)44(69)58-21-9-14-35(58)43(68)54-29(4)45(70)56-19-7-12-33(56)37(62)16-17-40(65)55-32(25-60)38(63)24-31(30(5)61)42(67)53-28(3)46(71)59-22-10-15-36(59)47(72)57-20-8-13-34(57)39(64)23-27(2)41(49)66;1-8-34(61)40(26(7)73-48-23(4)41(66)42(67)37(20-58)74-48)55-43(68)27(14-38(64)65)12-35(62)33-10-9-11-56(33)47(72)24(5)53-44(69)28(19-57)13-36(63)39(25(6)59)54-45(70)31(22(2)3)16-30(60)18-51-46(71)32(49)15-29-17-50-21-52-29/h26-36,60-61H,6-25H2,1-5H3,(H2,49,66)(H,53,67)(H,54,68)(H,55,65)(H4,50,51,52);17,21-28,31-33,37,39-42,48,57-59,66-67H,8-16,18-20,49H2,1-7H3,(H,50,52)(H,51,71)(H,53,69)(H,54,70)(H,55,68)(H,64,65)/t26-,27+,28-,29-,30?,31-,32-,33-,34-,35-,36-;23?,24-,25?,26?,27-,28-,31-,32-,33-,37?,39-,40-,41+,42-,48-/m00/s1. The molecular formula is C96H153N19O31. The molecule has 26 atom stereocenters. The second-order valence-corrected chi connectivity index (χ2v) is 39.4. The molecule has 50 nitrogen and oxygen atoms in total. The van der Waals surface area contributed by atoms with Gasteiger partial charge < -0.3 is 140 Å². The minimum atomic E-state index is -1.59. The van der Waals surface area contributed by atoms with Crippen LogP contribution in [-0.4, -0.2) is 386 Å². The maximum Gasteiger partial charge on any atom is 0.304 e. The van der Waals surface area contributed by atoms with Crippen molar-refractivity contribution >= 4 is 129 Å². The van der Waals surface area contributed by atoms with Crippen molar-refractivity contribution in [3.63, 3.8) is 0 Å². The Morgan fingerprint density at radius 2 is 1.05 bits per heavy atom. The lowest BCUT2D eigenvalue weighted by molar-refractivity contribution is -0.293. The maximum atomic E-state index is 13.9. The Hall–Kier alpha value is -11.6. The minimum Gasteiger partial charge on any atom is -0.481 e. The fraction of sp³-hybridized carbons (Fsp3) is 0.740. The molecule has 24 N–H and O–H groups in total. The van der Waals surface area contributed by atoms with Gasteiger partial charge in [-0.2, -0.15) is 0 Å². The van der Waals surface area contributed by atoms with Crippen molar-refractivity contribution in [2.24, 2.45) is 75.3 Å². The number of nitrogens with two attached hydrogens (primary N) is 4. The highest BCUT2D eigenvalue weighted by molar-refractivity contribution is 6.02. The molecule has 6 aliphatic heterocycles. The first-order valence-corrected chi connectivity index (χ1v) is 50.2. The summed E-state index contributed by atoms with van der Waals surface area (Å²) in [6, 6.07) is -13.5. The Balaban J connectivity index is 0.000000446. The highest BCUT2D eigenvalue weighted by Crippen LogP contribution is 2.33. The molecule has 146 heavy (non-hydrogen) atoms. The molecular weight excluding hydrogens is 1920 g/mol. The number of carbonyl (C=O) groups is 21. The Kier molecular flexibility index (Phi) is 49.5. The quantitative estimate of drug-likeness (QED) is 0.0164. The topological polar surface area (TPSA) is 784 Å². The van der Waals surface area contributed by atoms with Crippen molar-refractivity contribution in [2.45, 2.75) is 340 Å². The summed E-state index contributed by atoms with van der Waals surface area (Å²) in [5, 5.41) is 98.9. The SMILES string of the molecule is CC(O)[C@H](CC(=O)[C@H](CO)NC(=O)CCC(=O)[C@@H]1CCCN1C(=O)[C@H](C)NC(=O)[C@@H]1CCCN1C(=O)[C@@H](C)CCCN=C(N)N)C(=O)N[C@@H](C)C(=O)N1CCC[C@H]1C(=O)N1CCC[C@H]1C(=O)C[C@@H](C)C(N)=O.CCC(=O)[C@@H](NC(=O)[C@H](CC(=O)O)CC(=O)[C@@H]1CCCN1C(=O)[C@H](C)NC(=O)[C@H](CO)CC(=O)[C@@H](NC(=O)[C@@H](CC(=O)CNC(=O)[C@@H](N)Cc1cnc[nH]1)C(C)C)C(C)O)C(C)O[C@H]1OC(CO)[C@H](O)[C@H](O)C1C. The van der Waals surface area contributed by atoms with Gasteiger partial charge in [-0.25, -0.2) is 4.98 Å². The van der Waals surface area contributed by atoms with Gasteiger partial charge in [0.15, 0.2) is 52.7 Å². The molecule has 0 bridgehead atoms. The van der Waals surface area contributed by atoms with Gasteiger partial charge in [-0.3, -0.25) is 106 Å². The molecule has 1 aromatic heterocycles. The van der Waals surface area contributed by atoms with Gasteiger partial charge in [-0.15, -0.1) is 0 Å². The second kappa shape index (κ2) is 58.8. The molecule has 6 saturated heterocycles. The van der Waals surface area contributed by atoms with Crippen molar-refractivity contribution in [1.82, 2.24) is 71.7 Å². The zero-order chi connectivity index (χ0) is 109. The third-order valence-electron chi connectivity index (χ3n) is 27.7. The number of aliphatic imine (C=N–C) groups is 1. The molecule has 1 aromatic rings. The van der Waals surface area contributed by atoms with E-state index in [0.29, 0.717) is 96.0 Å². The van der Waals surface area contributed by atoms with Crippen LogP contribution in [0.25, 0.3) is 0 Å². The lowest BCUT2D eigenvalue weighted by Gasteiger charge is -2.42. The number of carbonyl (C=O) groups excluding carboxylic acids is 20. The molecule has 818 valence electrons. The number of aliphatic hydroxyl groups is 7. The molecule has 50 heteroatoms. The Labute approximate surface area is 847 Å². The highest BCUT2D eigenvalue weighted by Gasteiger charge is 2.49. The number of aromatic nitrogens is 2. The normalized spacial score (nSPS) is 23.1. The van der Waals surface area contributed by atoms with E-state index in [1.807, 2.05) is 0 Å². The van der Waals surface area contributed by atoms with Gasteiger partial charge in [-0.05, 0) is 125 Å². The number of nitrogens with one attached hydrogen (secondary N) is 8. The van der Waals surface area contributed by atoms with Crippen molar-refractivity contribution in [3.8, 4) is 0 Å². The molecule has 0 saturated carbocycles. The number of aliphatic carboxylic acids is 1. The number of Topliss-reactive ketones (excluding diaryl/α,β-unsaturated/α-hetero) is 7. The monoisotopic (exact) mass is 2070 g/mol.